The number of nitrogens with zero attached hydrogens (tertiary/aromatic N) is 1. The van der Waals surface area contributed by atoms with E-state index < -0.39 is 0 Å². The number of fused-ring (bicyclic) bond motifs is 1. The second kappa shape index (κ2) is 9.03. The summed E-state index contributed by atoms with van der Waals surface area (Å²) in [5.41, 5.74) is 7.83. The monoisotopic (exact) mass is 458 g/mol. The molecule has 0 amide bonds. The maximum atomic E-state index is 13.2. The summed E-state index contributed by atoms with van der Waals surface area (Å²) in [7, 11) is 0. The quantitative estimate of drug-likeness (QED) is 0.300. The third-order valence-electron chi connectivity index (χ3n) is 3.65. The van der Waals surface area contributed by atoms with Crippen LogP contribution < -0.4 is 11.1 Å². The predicted molar refractivity (Wildman–Crippen MR) is 110 cm³/mol. The largest absolute Gasteiger partial charge is 0.370 e. The van der Waals surface area contributed by atoms with Crippen molar-refractivity contribution >= 4 is 52.2 Å². The summed E-state index contributed by atoms with van der Waals surface area (Å²) < 4.78 is 13.2. The van der Waals surface area contributed by atoms with Crippen LogP contribution in [0.1, 0.15) is 10.4 Å². The van der Waals surface area contributed by atoms with Crippen LogP contribution >= 0.6 is 35.3 Å². The van der Waals surface area contributed by atoms with Crippen LogP contribution in [0.4, 0.5) is 4.39 Å². The lowest BCUT2D eigenvalue weighted by atomic mass is 10.1. The molecule has 4 nitrogen and oxygen atoms in total. The molecule has 0 aliphatic carbocycles. The molecule has 0 radical (unpaired) electrons. The van der Waals surface area contributed by atoms with Crippen molar-refractivity contribution in [1.29, 1.82) is 0 Å². The van der Waals surface area contributed by atoms with Gasteiger partial charge in [0.15, 0.2) is 5.96 Å². The maximum Gasteiger partial charge on any atom is 0.188 e. The van der Waals surface area contributed by atoms with Gasteiger partial charge in [0.05, 0.1) is 0 Å². The summed E-state index contributed by atoms with van der Waals surface area (Å²) in [6.07, 6.45) is 3.62. The van der Waals surface area contributed by atoms with E-state index in [1.807, 2.05) is 12.3 Å². The normalized spacial score (nSPS) is 11.5. The van der Waals surface area contributed by atoms with Gasteiger partial charge in [-0.15, -0.1) is 35.3 Å². The SMILES string of the molecule is I.NC(=NCCc1cccs1)NCCc1c[nH]c2cc(F)ccc12. The van der Waals surface area contributed by atoms with Crippen molar-refractivity contribution in [2.45, 2.75) is 12.8 Å². The van der Waals surface area contributed by atoms with Crippen LogP contribution in [0.5, 0.6) is 0 Å². The van der Waals surface area contributed by atoms with E-state index in [1.54, 1.807) is 17.4 Å². The van der Waals surface area contributed by atoms with Crippen LogP contribution in [0.25, 0.3) is 10.9 Å². The molecule has 4 N–H and O–H groups in total. The summed E-state index contributed by atoms with van der Waals surface area (Å²) in [5.74, 6) is 0.235. The number of guanidine groups is 1. The van der Waals surface area contributed by atoms with Gasteiger partial charge in [0.25, 0.3) is 0 Å². The molecule has 0 atom stereocenters. The fourth-order valence-corrected chi connectivity index (χ4v) is 3.19. The van der Waals surface area contributed by atoms with Gasteiger partial charge in [0.2, 0.25) is 0 Å². The van der Waals surface area contributed by atoms with Crippen molar-refractivity contribution in [1.82, 2.24) is 10.3 Å². The van der Waals surface area contributed by atoms with Gasteiger partial charge in [0.1, 0.15) is 5.82 Å². The van der Waals surface area contributed by atoms with Crippen molar-refractivity contribution in [2.24, 2.45) is 10.7 Å². The van der Waals surface area contributed by atoms with Gasteiger partial charge in [-0.2, -0.15) is 0 Å². The number of aliphatic imine (C=N–C) groups is 1. The molecule has 24 heavy (non-hydrogen) atoms. The molecule has 0 unspecified atom stereocenters. The molecule has 3 aromatic rings. The molecule has 0 aliphatic rings. The number of rotatable bonds is 6. The highest BCUT2D eigenvalue weighted by atomic mass is 127. The smallest absolute Gasteiger partial charge is 0.188 e. The molecule has 0 bridgehead atoms. The summed E-state index contributed by atoms with van der Waals surface area (Å²) in [6, 6.07) is 8.93. The Morgan fingerprint density at radius 2 is 2.17 bits per heavy atom. The Kier molecular flexibility index (Phi) is 7.04. The Bertz CT molecular complexity index is 798. The van der Waals surface area contributed by atoms with E-state index in [-0.39, 0.29) is 29.8 Å². The molecule has 2 heterocycles. The van der Waals surface area contributed by atoms with Crippen molar-refractivity contribution in [3.63, 3.8) is 0 Å². The molecule has 1 aromatic carbocycles. The third-order valence-corrected chi connectivity index (χ3v) is 4.59. The fourth-order valence-electron chi connectivity index (χ4n) is 2.49. The van der Waals surface area contributed by atoms with Gasteiger partial charge in [-0.25, -0.2) is 4.39 Å². The van der Waals surface area contributed by atoms with Crippen molar-refractivity contribution < 1.29 is 4.39 Å². The Labute approximate surface area is 161 Å². The van der Waals surface area contributed by atoms with Gasteiger partial charge < -0.3 is 16.0 Å². The molecular weight excluding hydrogens is 438 g/mol. The number of H-pyrrole nitrogens is 1. The van der Waals surface area contributed by atoms with Crippen LogP contribution in [-0.2, 0) is 12.8 Å². The second-order valence-electron chi connectivity index (χ2n) is 5.28. The zero-order chi connectivity index (χ0) is 16.1. The number of hydrogen-bond donors (Lipinski definition) is 3. The Balaban J connectivity index is 0.00000208. The van der Waals surface area contributed by atoms with Gasteiger partial charge in [-0.1, -0.05) is 6.07 Å². The zero-order valence-corrected chi connectivity index (χ0v) is 16.2. The van der Waals surface area contributed by atoms with Gasteiger partial charge >= 0.3 is 0 Å². The standard InChI is InChI=1S/C17H19FN4S.HI/c18-13-3-4-15-12(11-22-16(15)10-13)5-7-20-17(19)21-8-6-14-2-1-9-23-14;/h1-4,9-11,22H,5-8H2,(H3,19,20,21);1H. The first-order valence-corrected chi connectivity index (χ1v) is 8.42. The van der Waals surface area contributed by atoms with Crippen LogP contribution in [-0.4, -0.2) is 24.0 Å². The number of nitrogens with one attached hydrogen (secondary N) is 2. The zero-order valence-electron chi connectivity index (χ0n) is 13.1. The Hall–Kier alpha value is -1.61. The van der Waals surface area contributed by atoms with Crippen molar-refractivity contribution in [3.05, 3.63) is 58.2 Å². The summed E-state index contributed by atoms with van der Waals surface area (Å²) in [6.45, 7) is 1.38. The second-order valence-corrected chi connectivity index (χ2v) is 6.31. The number of aromatic amines is 1. The van der Waals surface area contributed by atoms with Gasteiger partial charge in [0, 0.05) is 41.5 Å². The summed E-state index contributed by atoms with van der Waals surface area (Å²) >= 11 is 1.73. The topological polar surface area (TPSA) is 66.2 Å². The number of halogens is 2. The lowest BCUT2D eigenvalue weighted by Crippen LogP contribution is -2.33. The van der Waals surface area contributed by atoms with E-state index in [4.69, 9.17) is 5.73 Å². The summed E-state index contributed by atoms with van der Waals surface area (Å²) in [4.78, 5) is 8.73. The lowest BCUT2D eigenvalue weighted by molar-refractivity contribution is 0.629. The number of benzene rings is 1. The molecule has 0 fully saturated rings. The highest BCUT2D eigenvalue weighted by Crippen LogP contribution is 2.19. The first-order chi connectivity index (χ1) is 11.2. The van der Waals surface area contributed by atoms with Crippen LogP contribution in [0.3, 0.4) is 0 Å². The number of nitrogens with two attached hydrogens (primary N) is 1. The fraction of sp³-hybridized carbons (Fsp3) is 0.235. The van der Waals surface area contributed by atoms with Gasteiger partial charge in [-0.05, 0) is 41.6 Å². The molecule has 3 rings (SSSR count). The molecule has 128 valence electrons. The predicted octanol–water partition coefficient (Wildman–Crippen LogP) is 3.68. The van der Waals surface area contributed by atoms with E-state index in [0.717, 1.165) is 29.3 Å². The highest BCUT2D eigenvalue weighted by molar-refractivity contribution is 14.0. The molecule has 0 aliphatic heterocycles. The third kappa shape index (κ3) is 4.94. The number of aromatic nitrogens is 1. The van der Waals surface area contributed by atoms with E-state index in [2.05, 4.69) is 26.7 Å². The van der Waals surface area contributed by atoms with E-state index in [9.17, 15) is 4.39 Å². The van der Waals surface area contributed by atoms with Crippen molar-refractivity contribution in [2.75, 3.05) is 13.1 Å². The average molecular weight is 458 g/mol. The van der Waals surface area contributed by atoms with Crippen LogP contribution in [0.2, 0.25) is 0 Å². The number of thiophene rings is 1. The Morgan fingerprint density at radius 3 is 2.96 bits per heavy atom. The maximum absolute atomic E-state index is 13.2. The molecule has 7 heteroatoms. The molecule has 0 spiro atoms. The Morgan fingerprint density at radius 1 is 1.29 bits per heavy atom. The first kappa shape index (κ1) is 18.7. The first-order valence-electron chi connectivity index (χ1n) is 7.54. The molecule has 2 aromatic heterocycles. The van der Waals surface area contributed by atoms with Gasteiger partial charge in [-0.3, -0.25) is 4.99 Å². The minimum absolute atomic E-state index is 0. The van der Waals surface area contributed by atoms with Crippen molar-refractivity contribution in [3.8, 4) is 0 Å². The minimum atomic E-state index is -0.230. The van der Waals surface area contributed by atoms with E-state index in [1.165, 1.54) is 17.0 Å². The van der Waals surface area contributed by atoms with E-state index in [0.29, 0.717) is 19.0 Å². The van der Waals surface area contributed by atoms with E-state index >= 15 is 0 Å². The average Bonchev–Trinajstić information content (AvgIpc) is 3.17. The number of hydrogen-bond acceptors (Lipinski definition) is 2. The molecule has 0 saturated carbocycles. The highest BCUT2D eigenvalue weighted by Gasteiger charge is 2.04. The van der Waals surface area contributed by atoms with Crippen LogP contribution in [0, 0.1) is 5.82 Å². The lowest BCUT2D eigenvalue weighted by Gasteiger charge is -2.05. The molecular formula is C17H20FIN4S. The minimum Gasteiger partial charge on any atom is -0.370 e. The summed E-state index contributed by atoms with van der Waals surface area (Å²) in [5, 5.41) is 6.23. The molecule has 0 saturated heterocycles. The van der Waals surface area contributed by atoms with Crippen LogP contribution in [0.15, 0.2) is 46.9 Å².